The number of fused-ring (bicyclic) bond motifs is 2. The van der Waals surface area contributed by atoms with Crippen molar-refractivity contribution in [2.75, 3.05) is 5.33 Å². The van der Waals surface area contributed by atoms with E-state index in [2.05, 4.69) is 15.9 Å². The molecule has 0 aromatic carbocycles. The molecule has 2 rings (SSSR count). The fraction of sp³-hybridized carbons (Fsp3) is 0.917. The van der Waals surface area contributed by atoms with E-state index < -0.39 is 0 Å². The van der Waals surface area contributed by atoms with Gasteiger partial charge in [0.2, 0.25) is 0 Å². The predicted octanol–water partition coefficient (Wildman–Crippen LogP) is 3.17. The summed E-state index contributed by atoms with van der Waals surface area (Å²) in [5.74, 6) is 0.617. The van der Waals surface area contributed by atoms with Crippen LogP contribution in [0.15, 0.2) is 0 Å². The number of amides is 1. The van der Waals surface area contributed by atoms with E-state index in [0.717, 1.165) is 24.6 Å². The first-order valence-corrected chi connectivity index (χ1v) is 7.12. The molecule has 3 atom stereocenters. The molecule has 0 spiro atoms. The molecule has 2 aliphatic heterocycles. The maximum Gasteiger partial charge on any atom is 0.410 e. The fourth-order valence-electron chi connectivity index (χ4n) is 2.88. The monoisotopic (exact) mass is 289 g/mol. The van der Waals surface area contributed by atoms with Crippen molar-refractivity contribution in [1.82, 2.24) is 4.90 Å². The van der Waals surface area contributed by atoms with Gasteiger partial charge in [-0.1, -0.05) is 15.9 Å². The van der Waals surface area contributed by atoms with Crippen LogP contribution in [0.5, 0.6) is 0 Å². The molecule has 0 aromatic rings. The van der Waals surface area contributed by atoms with Crippen molar-refractivity contribution >= 4 is 22.0 Å². The highest BCUT2D eigenvalue weighted by molar-refractivity contribution is 9.09. The maximum absolute atomic E-state index is 12.1. The Hall–Kier alpha value is -0.250. The Labute approximate surface area is 106 Å². The van der Waals surface area contributed by atoms with Gasteiger partial charge in [0.25, 0.3) is 0 Å². The molecule has 0 aliphatic carbocycles. The van der Waals surface area contributed by atoms with Crippen molar-refractivity contribution in [2.45, 2.75) is 57.7 Å². The minimum atomic E-state index is -0.386. The highest BCUT2D eigenvalue weighted by Gasteiger charge is 2.49. The van der Waals surface area contributed by atoms with Crippen LogP contribution in [0.4, 0.5) is 4.79 Å². The van der Waals surface area contributed by atoms with Crippen molar-refractivity contribution in [3.63, 3.8) is 0 Å². The molecule has 2 aliphatic rings. The zero-order valence-corrected chi connectivity index (χ0v) is 11.8. The number of nitrogens with zero attached hydrogens (tertiary/aromatic N) is 1. The molecule has 2 fully saturated rings. The molecule has 4 heteroatoms. The lowest BCUT2D eigenvalue weighted by Crippen LogP contribution is -2.40. The summed E-state index contributed by atoms with van der Waals surface area (Å²) in [5, 5.41) is 0.994. The lowest BCUT2D eigenvalue weighted by Gasteiger charge is -2.28. The zero-order valence-electron chi connectivity index (χ0n) is 10.2. The Kier molecular flexibility index (Phi) is 3.21. The van der Waals surface area contributed by atoms with Gasteiger partial charge in [0.1, 0.15) is 5.60 Å². The molecule has 0 N–H and O–H groups in total. The summed E-state index contributed by atoms with van der Waals surface area (Å²) in [6.07, 6.45) is 3.30. The van der Waals surface area contributed by atoms with Crippen LogP contribution in [0.2, 0.25) is 0 Å². The summed E-state index contributed by atoms with van der Waals surface area (Å²) in [5.41, 5.74) is -0.386. The molecule has 2 saturated heterocycles. The quantitative estimate of drug-likeness (QED) is 0.694. The number of carbonyl (C=O) groups is 1. The average Bonchev–Trinajstić information content (AvgIpc) is 2.70. The average molecular weight is 290 g/mol. The molecule has 92 valence electrons. The van der Waals surface area contributed by atoms with Crippen molar-refractivity contribution in [2.24, 2.45) is 5.92 Å². The van der Waals surface area contributed by atoms with Gasteiger partial charge in [0, 0.05) is 17.4 Å². The van der Waals surface area contributed by atoms with Crippen LogP contribution in [0.25, 0.3) is 0 Å². The first-order chi connectivity index (χ1) is 7.42. The van der Waals surface area contributed by atoms with Crippen molar-refractivity contribution in [3.8, 4) is 0 Å². The minimum Gasteiger partial charge on any atom is -0.444 e. The van der Waals surface area contributed by atoms with Gasteiger partial charge in [0.05, 0.1) is 0 Å². The molecule has 3 unspecified atom stereocenters. The van der Waals surface area contributed by atoms with Crippen molar-refractivity contribution in [3.05, 3.63) is 0 Å². The van der Waals surface area contributed by atoms with Crippen molar-refractivity contribution in [1.29, 1.82) is 0 Å². The molecule has 3 nitrogen and oxygen atoms in total. The Morgan fingerprint density at radius 2 is 2.12 bits per heavy atom. The Bertz CT molecular complexity index is 287. The van der Waals surface area contributed by atoms with Gasteiger partial charge in [-0.05, 0) is 46.0 Å². The summed E-state index contributed by atoms with van der Waals surface area (Å²) >= 11 is 3.54. The fourth-order valence-corrected chi connectivity index (χ4v) is 3.57. The Morgan fingerprint density at radius 3 is 2.62 bits per heavy atom. The van der Waals surface area contributed by atoms with Gasteiger partial charge < -0.3 is 9.64 Å². The lowest BCUT2D eigenvalue weighted by atomic mass is 9.91. The highest BCUT2D eigenvalue weighted by atomic mass is 79.9. The first kappa shape index (κ1) is 12.2. The summed E-state index contributed by atoms with van der Waals surface area (Å²) in [7, 11) is 0. The van der Waals surface area contributed by atoms with Gasteiger partial charge in [0.15, 0.2) is 0 Å². The first-order valence-electron chi connectivity index (χ1n) is 5.99. The number of hydrogen-bond donors (Lipinski definition) is 0. The van der Waals surface area contributed by atoms with Gasteiger partial charge in [-0.25, -0.2) is 4.79 Å². The largest absolute Gasteiger partial charge is 0.444 e. The summed E-state index contributed by atoms with van der Waals surface area (Å²) < 4.78 is 5.47. The van der Waals surface area contributed by atoms with Gasteiger partial charge in [-0.2, -0.15) is 0 Å². The lowest BCUT2D eigenvalue weighted by molar-refractivity contribution is 0.0208. The normalized spacial score (nSPS) is 33.2. The van der Waals surface area contributed by atoms with E-state index in [1.54, 1.807) is 0 Å². The summed E-state index contributed by atoms with van der Waals surface area (Å²) in [6, 6.07) is 0.821. The second kappa shape index (κ2) is 4.21. The molecule has 2 heterocycles. The third kappa shape index (κ3) is 2.22. The Balaban J connectivity index is 2.03. The number of rotatable bonds is 1. The smallest absolute Gasteiger partial charge is 0.410 e. The summed E-state index contributed by atoms with van der Waals surface area (Å²) in [6.45, 7) is 5.76. The van der Waals surface area contributed by atoms with Crippen LogP contribution in [-0.4, -0.2) is 34.0 Å². The van der Waals surface area contributed by atoms with Crippen LogP contribution in [0, 0.1) is 5.92 Å². The number of carbonyl (C=O) groups excluding carboxylic acids is 1. The zero-order chi connectivity index (χ0) is 11.9. The van der Waals surface area contributed by atoms with Gasteiger partial charge in [-0.15, -0.1) is 0 Å². The van der Waals surface area contributed by atoms with Crippen LogP contribution in [0.1, 0.15) is 40.0 Å². The second-order valence-electron chi connectivity index (χ2n) is 5.84. The Morgan fingerprint density at radius 1 is 1.44 bits per heavy atom. The van der Waals surface area contributed by atoms with Crippen LogP contribution in [0.3, 0.4) is 0 Å². The van der Waals surface area contributed by atoms with Gasteiger partial charge >= 0.3 is 6.09 Å². The van der Waals surface area contributed by atoms with Gasteiger partial charge in [-0.3, -0.25) is 0 Å². The highest BCUT2D eigenvalue weighted by Crippen LogP contribution is 2.42. The topological polar surface area (TPSA) is 29.5 Å². The molecule has 0 saturated carbocycles. The number of ether oxygens (including phenoxy) is 1. The minimum absolute atomic E-state index is 0.122. The van der Waals surface area contributed by atoms with E-state index in [1.165, 1.54) is 0 Å². The van der Waals surface area contributed by atoms with Crippen LogP contribution >= 0.6 is 15.9 Å². The molecular weight excluding hydrogens is 270 g/mol. The molecule has 2 bridgehead atoms. The number of hydrogen-bond acceptors (Lipinski definition) is 2. The van der Waals surface area contributed by atoms with Crippen LogP contribution < -0.4 is 0 Å². The van der Waals surface area contributed by atoms with E-state index in [4.69, 9.17) is 4.74 Å². The van der Waals surface area contributed by atoms with Crippen molar-refractivity contribution < 1.29 is 9.53 Å². The van der Waals surface area contributed by atoms with E-state index in [0.29, 0.717) is 18.0 Å². The van der Waals surface area contributed by atoms with E-state index >= 15 is 0 Å². The molecule has 0 aromatic heterocycles. The number of halogens is 1. The second-order valence-corrected chi connectivity index (χ2v) is 6.48. The maximum atomic E-state index is 12.1. The molecular formula is C12H20BrNO2. The van der Waals surface area contributed by atoms with E-state index in [1.807, 2.05) is 25.7 Å². The molecule has 16 heavy (non-hydrogen) atoms. The summed E-state index contributed by atoms with van der Waals surface area (Å²) in [4.78, 5) is 14.1. The third-order valence-corrected chi connectivity index (χ3v) is 4.30. The molecule has 1 amide bonds. The number of alkyl halides is 1. The SMILES string of the molecule is CC(C)(C)OC(=O)N1C2CCC1C(CBr)C2. The van der Waals surface area contributed by atoms with E-state index in [9.17, 15) is 4.79 Å². The molecule has 0 radical (unpaired) electrons. The van der Waals surface area contributed by atoms with Crippen LogP contribution in [-0.2, 0) is 4.74 Å². The van der Waals surface area contributed by atoms with E-state index in [-0.39, 0.29) is 11.7 Å². The standard InChI is InChI=1S/C12H20BrNO2/c1-12(2,3)16-11(15)14-9-4-5-10(14)8(6-9)7-13/h8-10H,4-7H2,1-3H3. The third-order valence-electron chi connectivity index (χ3n) is 3.47. The predicted molar refractivity (Wildman–Crippen MR) is 66.8 cm³/mol.